The van der Waals surface area contributed by atoms with E-state index in [0.29, 0.717) is 12.3 Å². The predicted octanol–water partition coefficient (Wildman–Crippen LogP) is 5.01. The van der Waals surface area contributed by atoms with Gasteiger partial charge in [0.2, 0.25) is 10.0 Å². The van der Waals surface area contributed by atoms with Gasteiger partial charge in [0.05, 0.1) is 24.0 Å². The Morgan fingerprint density at radius 3 is 2.36 bits per heavy atom. The number of benzene rings is 3. The summed E-state index contributed by atoms with van der Waals surface area (Å²) in [6.07, 6.45) is 7.52. The van der Waals surface area contributed by atoms with Crippen LogP contribution in [0, 0.1) is 0 Å². The van der Waals surface area contributed by atoms with Crippen LogP contribution in [0.15, 0.2) is 72.8 Å². The lowest BCUT2D eigenvalue weighted by Gasteiger charge is -2.24. The number of nitrogens with one attached hydrogen (secondary N) is 2. The number of ether oxygens (including phenoxy) is 1. The van der Waals surface area contributed by atoms with Gasteiger partial charge in [0.25, 0.3) is 5.91 Å². The summed E-state index contributed by atoms with van der Waals surface area (Å²) in [6.45, 7) is 1.33. The summed E-state index contributed by atoms with van der Waals surface area (Å²) in [5.41, 5.74) is 4.24. The Morgan fingerprint density at radius 1 is 0.974 bits per heavy atom. The van der Waals surface area contributed by atoms with Gasteiger partial charge in [-0.05, 0) is 79.5 Å². The summed E-state index contributed by atoms with van der Waals surface area (Å²) >= 11 is 0. The van der Waals surface area contributed by atoms with Crippen molar-refractivity contribution in [2.75, 3.05) is 19.3 Å². The maximum absolute atomic E-state index is 12.7. The highest BCUT2D eigenvalue weighted by Gasteiger charge is 2.21. The van der Waals surface area contributed by atoms with Crippen LogP contribution in [0.25, 0.3) is 11.1 Å². The molecule has 0 saturated heterocycles. The smallest absolute Gasteiger partial charge is 0.268 e. The molecule has 3 N–H and O–H groups in total. The van der Waals surface area contributed by atoms with Crippen LogP contribution in [0.4, 0.5) is 0 Å². The first-order valence-corrected chi connectivity index (χ1v) is 15.5. The number of amides is 1. The quantitative estimate of drug-likeness (QED) is 0.274. The first kappa shape index (κ1) is 28.8. The van der Waals surface area contributed by atoms with Gasteiger partial charge in [-0.3, -0.25) is 4.79 Å². The molecule has 0 spiro atoms. The minimum atomic E-state index is -3.69. The maximum atomic E-state index is 12.7. The Bertz CT molecular complexity index is 1320. The van der Waals surface area contributed by atoms with Gasteiger partial charge in [0.1, 0.15) is 5.75 Å². The molecule has 0 radical (unpaired) electrons. The van der Waals surface area contributed by atoms with Crippen molar-refractivity contribution in [1.82, 2.24) is 10.0 Å². The monoisotopic (exact) mass is 550 g/mol. The van der Waals surface area contributed by atoms with Crippen LogP contribution in [-0.2, 0) is 16.4 Å². The summed E-state index contributed by atoms with van der Waals surface area (Å²) in [4.78, 5) is 12.7. The molecule has 0 aliphatic heterocycles. The van der Waals surface area contributed by atoms with E-state index in [4.69, 9.17) is 4.74 Å². The lowest BCUT2D eigenvalue weighted by atomic mass is 9.97. The summed E-state index contributed by atoms with van der Waals surface area (Å²) < 4.78 is 31.6. The van der Waals surface area contributed by atoms with Crippen LogP contribution >= 0.6 is 0 Å². The normalized spacial score (nSPS) is 15.0. The van der Waals surface area contributed by atoms with E-state index in [1.54, 1.807) is 6.07 Å². The van der Waals surface area contributed by atoms with Crippen molar-refractivity contribution >= 4 is 15.9 Å². The molecule has 0 aromatic heterocycles. The van der Waals surface area contributed by atoms with E-state index in [0.717, 1.165) is 68.0 Å². The molecule has 3 aromatic rings. The second-order valence-electron chi connectivity index (χ2n) is 10.2. The van der Waals surface area contributed by atoms with Gasteiger partial charge in [0.15, 0.2) is 0 Å². The molecule has 0 heterocycles. The number of rotatable bonds is 12. The molecule has 0 bridgehead atoms. The van der Waals surface area contributed by atoms with Gasteiger partial charge in [0, 0.05) is 6.54 Å². The molecule has 1 saturated carbocycles. The second kappa shape index (κ2) is 13.7. The molecular weight excluding hydrogens is 512 g/mol. The Kier molecular flexibility index (Phi) is 10.1. The van der Waals surface area contributed by atoms with E-state index in [1.807, 2.05) is 42.5 Å². The van der Waals surface area contributed by atoms with E-state index >= 15 is 0 Å². The Hall–Kier alpha value is -3.20. The van der Waals surface area contributed by atoms with Crippen molar-refractivity contribution < 1.29 is 23.1 Å². The highest BCUT2D eigenvalue weighted by atomic mass is 32.2. The fraction of sp³-hybridized carbons (Fsp3) is 0.387. The number of aryl methyl sites for hydroxylation is 1. The molecule has 1 amide bonds. The van der Waals surface area contributed by atoms with Crippen molar-refractivity contribution in [3.63, 3.8) is 0 Å². The summed E-state index contributed by atoms with van der Waals surface area (Å²) in [6, 6.07) is 23.2. The average molecular weight is 551 g/mol. The van der Waals surface area contributed by atoms with Crippen LogP contribution in [0.5, 0.6) is 5.75 Å². The lowest BCUT2D eigenvalue weighted by molar-refractivity contribution is 0.0969. The number of carbonyl (C=O) groups excluding carboxylic acids is 1. The minimum absolute atomic E-state index is 0.0172. The summed E-state index contributed by atoms with van der Waals surface area (Å²) in [7, 11) is -3.69. The van der Waals surface area contributed by atoms with Gasteiger partial charge >= 0.3 is 0 Å². The van der Waals surface area contributed by atoms with Crippen molar-refractivity contribution in [2.45, 2.75) is 57.2 Å². The van der Waals surface area contributed by atoms with Crippen molar-refractivity contribution in [2.24, 2.45) is 0 Å². The first-order valence-electron chi connectivity index (χ1n) is 13.6. The van der Waals surface area contributed by atoms with Crippen LogP contribution < -0.4 is 14.8 Å². The molecule has 3 aromatic carbocycles. The number of sulfonamides is 1. The zero-order valence-corrected chi connectivity index (χ0v) is 23.3. The van der Waals surface area contributed by atoms with Gasteiger partial charge in [-0.15, -0.1) is 0 Å². The van der Waals surface area contributed by atoms with E-state index in [-0.39, 0.29) is 11.7 Å². The largest absolute Gasteiger partial charge is 0.490 e. The topological polar surface area (TPSA) is 105 Å². The maximum Gasteiger partial charge on any atom is 0.268 e. The molecular formula is C31H38N2O5S. The molecule has 8 heteroatoms. The zero-order valence-electron chi connectivity index (χ0n) is 22.4. The fourth-order valence-electron chi connectivity index (χ4n) is 4.89. The standard InChI is InChI=1S/C31H38N2O5S/c1-39(36,37)33-31(35)28-19-18-26(21-30(28)38-27-12-6-3-7-13-27)24-16-14-23(15-17-24)9-8-20-32-22-29(34)25-10-4-2-5-11-25/h2,4-5,10-11,14-19,21,27,29,32,34H,3,6-9,12-13,20,22H2,1H3,(H,33,35)/t29-/m0/s1. The third kappa shape index (κ3) is 8.92. The van der Waals surface area contributed by atoms with E-state index in [9.17, 15) is 18.3 Å². The Labute approximate surface area is 231 Å². The number of carbonyl (C=O) groups is 1. The van der Waals surface area contributed by atoms with E-state index in [2.05, 4.69) is 34.3 Å². The number of aliphatic hydroxyl groups is 1. The van der Waals surface area contributed by atoms with E-state index in [1.165, 1.54) is 12.0 Å². The molecule has 1 aliphatic rings. The minimum Gasteiger partial charge on any atom is -0.490 e. The average Bonchev–Trinajstić information content (AvgIpc) is 2.93. The third-order valence-electron chi connectivity index (χ3n) is 6.98. The molecule has 7 nitrogen and oxygen atoms in total. The molecule has 208 valence electrons. The van der Waals surface area contributed by atoms with Crippen LogP contribution in [-0.4, -0.2) is 44.9 Å². The SMILES string of the molecule is CS(=O)(=O)NC(=O)c1ccc(-c2ccc(CCCNC[C@H](O)c3ccccc3)cc2)cc1OC1CCCCC1. The van der Waals surface area contributed by atoms with Crippen molar-refractivity contribution in [1.29, 1.82) is 0 Å². The first-order chi connectivity index (χ1) is 18.8. The van der Waals surface area contributed by atoms with Crippen molar-refractivity contribution in [3.05, 3.63) is 89.5 Å². The summed E-state index contributed by atoms with van der Waals surface area (Å²) in [5, 5.41) is 13.6. The third-order valence-corrected chi connectivity index (χ3v) is 7.53. The van der Waals surface area contributed by atoms with Crippen molar-refractivity contribution in [3.8, 4) is 16.9 Å². The molecule has 1 atom stereocenters. The van der Waals surface area contributed by atoms with Gasteiger partial charge in [-0.25, -0.2) is 13.1 Å². The predicted molar refractivity (Wildman–Crippen MR) is 154 cm³/mol. The molecule has 1 fully saturated rings. The lowest BCUT2D eigenvalue weighted by Crippen LogP contribution is -2.30. The number of hydrogen-bond donors (Lipinski definition) is 3. The van der Waals surface area contributed by atoms with Crippen LogP contribution in [0.3, 0.4) is 0 Å². The Balaban J connectivity index is 1.37. The van der Waals surface area contributed by atoms with Crippen LogP contribution in [0.2, 0.25) is 0 Å². The molecule has 0 unspecified atom stereocenters. The molecule has 4 rings (SSSR count). The zero-order chi connectivity index (χ0) is 27.7. The van der Waals surface area contributed by atoms with Gasteiger partial charge < -0.3 is 15.2 Å². The molecule has 1 aliphatic carbocycles. The number of aliphatic hydroxyl groups excluding tert-OH is 1. The van der Waals surface area contributed by atoms with Gasteiger partial charge in [-0.2, -0.15) is 0 Å². The molecule has 39 heavy (non-hydrogen) atoms. The van der Waals surface area contributed by atoms with Gasteiger partial charge in [-0.1, -0.05) is 67.1 Å². The second-order valence-corrected chi connectivity index (χ2v) is 12.0. The fourth-order valence-corrected chi connectivity index (χ4v) is 5.33. The highest BCUT2D eigenvalue weighted by molar-refractivity contribution is 7.89. The summed E-state index contributed by atoms with van der Waals surface area (Å²) in [5.74, 6) is -0.275. The highest BCUT2D eigenvalue weighted by Crippen LogP contribution is 2.31. The van der Waals surface area contributed by atoms with E-state index < -0.39 is 22.0 Å². The van der Waals surface area contributed by atoms with Crippen LogP contribution in [0.1, 0.15) is 66.1 Å². The number of hydrogen-bond acceptors (Lipinski definition) is 6. The Morgan fingerprint density at radius 2 is 1.67 bits per heavy atom.